The third kappa shape index (κ3) is 7.56. The Bertz CT molecular complexity index is 508. The van der Waals surface area contributed by atoms with E-state index in [1.165, 1.54) is 38.5 Å². The number of unbranched alkanes of at least 4 members (excludes halogenated alkanes) is 9. The molecule has 0 saturated carbocycles. The average molecular weight is 356 g/mol. The molecule has 0 heterocycles. The maximum atomic E-state index is 11.8. The smallest absolute Gasteiger partial charge is 1.00 e. The fraction of sp³-hybridized carbons (Fsp3) is 0.619. The quantitative estimate of drug-likeness (QED) is 0.305. The van der Waals surface area contributed by atoms with Crippen LogP contribution >= 0.6 is 0 Å². The zero-order valence-corrected chi connectivity index (χ0v) is 16.4. The molecule has 26 heavy (non-hydrogen) atoms. The van der Waals surface area contributed by atoms with Crippen LogP contribution in [-0.4, -0.2) is 22.2 Å². The van der Waals surface area contributed by atoms with E-state index in [0.29, 0.717) is 12.0 Å². The molecule has 0 saturated heterocycles. The van der Waals surface area contributed by atoms with E-state index in [1.54, 1.807) is 30.3 Å². The minimum Gasteiger partial charge on any atom is -1.00 e. The molecular formula is C21H33LiO4. The normalized spacial score (nSPS) is 11.0. The van der Waals surface area contributed by atoms with Gasteiger partial charge in [0.25, 0.3) is 0 Å². The molecule has 0 spiro atoms. The summed E-state index contributed by atoms with van der Waals surface area (Å²) in [6.07, 6.45) is 11.5. The molecule has 0 radical (unpaired) electrons. The Morgan fingerprint density at radius 1 is 0.808 bits per heavy atom. The van der Waals surface area contributed by atoms with Crippen molar-refractivity contribution in [3.63, 3.8) is 0 Å². The Labute approximate surface area is 171 Å². The summed E-state index contributed by atoms with van der Waals surface area (Å²) in [6, 6.07) is 8.33. The SMILES string of the molecule is CCCCCCCCCCCCC(C(=O)O)(C(=O)O)c1ccccc1.[H-].[Li+]. The number of benzene rings is 1. The van der Waals surface area contributed by atoms with Gasteiger partial charge in [-0.3, -0.25) is 9.59 Å². The van der Waals surface area contributed by atoms with Crippen LogP contribution in [0, 0.1) is 0 Å². The van der Waals surface area contributed by atoms with E-state index >= 15 is 0 Å². The summed E-state index contributed by atoms with van der Waals surface area (Å²) < 4.78 is 0. The Hall–Kier alpha value is -1.24. The van der Waals surface area contributed by atoms with Crippen molar-refractivity contribution in [1.29, 1.82) is 0 Å². The van der Waals surface area contributed by atoms with Crippen LogP contribution in [0.5, 0.6) is 0 Å². The first-order valence-electron chi connectivity index (χ1n) is 9.58. The molecule has 1 rings (SSSR count). The van der Waals surface area contributed by atoms with Crippen LogP contribution in [0.25, 0.3) is 0 Å². The summed E-state index contributed by atoms with van der Waals surface area (Å²) in [7, 11) is 0. The first-order valence-corrected chi connectivity index (χ1v) is 9.58. The van der Waals surface area contributed by atoms with Gasteiger partial charge in [0.05, 0.1) is 0 Å². The van der Waals surface area contributed by atoms with Crippen molar-refractivity contribution in [1.82, 2.24) is 0 Å². The Kier molecular flexibility index (Phi) is 13.2. The van der Waals surface area contributed by atoms with Crippen molar-refractivity contribution in [3.8, 4) is 0 Å². The van der Waals surface area contributed by atoms with Crippen molar-refractivity contribution in [2.45, 2.75) is 83.0 Å². The van der Waals surface area contributed by atoms with Gasteiger partial charge in [0.2, 0.25) is 0 Å². The van der Waals surface area contributed by atoms with Gasteiger partial charge in [-0.1, -0.05) is 101 Å². The summed E-state index contributed by atoms with van der Waals surface area (Å²) in [6.45, 7) is 2.21. The molecule has 1 aromatic carbocycles. The van der Waals surface area contributed by atoms with Crippen molar-refractivity contribution < 1.29 is 40.1 Å². The zero-order valence-electron chi connectivity index (χ0n) is 17.4. The van der Waals surface area contributed by atoms with E-state index in [0.717, 1.165) is 19.3 Å². The summed E-state index contributed by atoms with van der Waals surface area (Å²) in [5.41, 5.74) is -1.48. The van der Waals surface area contributed by atoms with Crippen LogP contribution in [0.2, 0.25) is 0 Å². The first kappa shape index (κ1) is 24.8. The van der Waals surface area contributed by atoms with Crippen molar-refractivity contribution in [2.75, 3.05) is 0 Å². The fourth-order valence-electron chi connectivity index (χ4n) is 3.30. The van der Waals surface area contributed by atoms with Crippen LogP contribution in [0.3, 0.4) is 0 Å². The van der Waals surface area contributed by atoms with Crippen molar-refractivity contribution >= 4 is 11.9 Å². The minimum absolute atomic E-state index is 0. The largest absolute Gasteiger partial charge is 1.00 e. The van der Waals surface area contributed by atoms with E-state index < -0.39 is 17.4 Å². The summed E-state index contributed by atoms with van der Waals surface area (Å²) >= 11 is 0. The van der Waals surface area contributed by atoms with Crippen LogP contribution in [-0.2, 0) is 15.0 Å². The topological polar surface area (TPSA) is 74.6 Å². The zero-order chi connectivity index (χ0) is 18.5. The molecule has 2 N–H and O–H groups in total. The van der Waals surface area contributed by atoms with Crippen LogP contribution < -0.4 is 18.9 Å². The number of carboxylic acid groups (broad SMARTS) is 2. The second kappa shape index (κ2) is 13.9. The summed E-state index contributed by atoms with van der Waals surface area (Å²) in [4.78, 5) is 23.5. The van der Waals surface area contributed by atoms with E-state index in [9.17, 15) is 19.8 Å². The molecule has 142 valence electrons. The predicted molar refractivity (Wildman–Crippen MR) is 101 cm³/mol. The molecule has 0 aliphatic heterocycles. The standard InChI is InChI=1S/C21H32O4.Li.H/c1-2-3-4-5-6-7-8-9-10-14-17-21(19(22)23,20(24)25)18-15-12-11-13-16-18;;/h11-13,15-16H,2-10,14,17H2,1H3,(H,22,23)(H,24,25);;/q;+1;-1. The van der Waals surface area contributed by atoms with Gasteiger partial charge in [0, 0.05) is 0 Å². The van der Waals surface area contributed by atoms with Gasteiger partial charge in [-0.05, 0) is 12.0 Å². The molecule has 4 nitrogen and oxygen atoms in total. The predicted octanol–water partition coefficient (Wildman–Crippen LogP) is 2.52. The molecule has 0 atom stereocenters. The second-order valence-electron chi connectivity index (χ2n) is 6.81. The number of rotatable bonds is 14. The number of aliphatic carboxylic acids is 2. The Morgan fingerprint density at radius 3 is 1.65 bits per heavy atom. The van der Waals surface area contributed by atoms with Crippen molar-refractivity contribution in [2.24, 2.45) is 0 Å². The molecule has 5 heteroatoms. The molecule has 0 amide bonds. The number of hydrogen-bond acceptors (Lipinski definition) is 2. The maximum absolute atomic E-state index is 11.8. The van der Waals surface area contributed by atoms with E-state index in [1.807, 2.05) is 0 Å². The molecule has 1 aromatic rings. The van der Waals surface area contributed by atoms with E-state index in [4.69, 9.17) is 0 Å². The van der Waals surface area contributed by atoms with Crippen LogP contribution in [0.4, 0.5) is 0 Å². The van der Waals surface area contributed by atoms with Gasteiger partial charge in [-0.2, -0.15) is 0 Å². The van der Waals surface area contributed by atoms with Crippen LogP contribution in [0.15, 0.2) is 30.3 Å². The van der Waals surface area contributed by atoms with Crippen LogP contribution in [0.1, 0.15) is 84.5 Å². The molecule has 0 bridgehead atoms. The monoisotopic (exact) mass is 356 g/mol. The van der Waals surface area contributed by atoms with E-state index in [2.05, 4.69) is 6.92 Å². The molecule has 0 aromatic heterocycles. The Morgan fingerprint density at radius 2 is 1.23 bits per heavy atom. The van der Waals surface area contributed by atoms with Gasteiger partial charge >= 0.3 is 30.8 Å². The maximum Gasteiger partial charge on any atom is 1.00 e. The minimum atomic E-state index is -1.83. The van der Waals surface area contributed by atoms with Gasteiger partial charge in [0.1, 0.15) is 0 Å². The van der Waals surface area contributed by atoms with Gasteiger partial charge in [-0.25, -0.2) is 0 Å². The molecule has 0 fully saturated rings. The Balaban J connectivity index is 0. The summed E-state index contributed by atoms with van der Waals surface area (Å²) in [5, 5.41) is 19.2. The number of carbonyl (C=O) groups is 2. The summed E-state index contributed by atoms with van der Waals surface area (Å²) in [5.74, 6) is -2.55. The molecule has 0 aliphatic carbocycles. The average Bonchev–Trinajstić information content (AvgIpc) is 2.60. The van der Waals surface area contributed by atoms with Gasteiger partial charge < -0.3 is 11.6 Å². The van der Waals surface area contributed by atoms with Gasteiger partial charge in [0.15, 0.2) is 5.41 Å². The van der Waals surface area contributed by atoms with E-state index in [-0.39, 0.29) is 26.7 Å². The number of hydrogen-bond donors (Lipinski definition) is 2. The third-order valence-corrected chi connectivity index (χ3v) is 4.90. The molecule has 0 aliphatic rings. The molecule has 0 unspecified atom stereocenters. The number of carboxylic acids is 2. The first-order chi connectivity index (χ1) is 12.1. The molecular weight excluding hydrogens is 323 g/mol. The van der Waals surface area contributed by atoms with Crippen molar-refractivity contribution in [3.05, 3.63) is 35.9 Å². The van der Waals surface area contributed by atoms with Gasteiger partial charge in [-0.15, -0.1) is 0 Å². The fourth-order valence-corrected chi connectivity index (χ4v) is 3.30. The third-order valence-electron chi connectivity index (χ3n) is 4.90. The second-order valence-corrected chi connectivity index (χ2v) is 6.81.